The van der Waals surface area contributed by atoms with Crippen LogP contribution in [0.4, 0.5) is 17.1 Å². The molecule has 268 valence electrons. The summed E-state index contributed by atoms with van der Waals surface area (Å²) in [7, 11) is 0. The number of rotatable bonds is 8. The normalized spacial score (nSPS) is 12.9. The number of nitrogens with zero attached hydrogens (tertiary/aromatic N) is 1. The van der Waals surface area contributed by atoms with Gasteiger partial charge in [0.1, 0.15) is 0 Å². The summed E-state index contributed by atoms with van der Waals surface area (Å²) in [5.41, 5.74) is 6.99. The van der Waals surface area contributed by atoms with E-state index in [1.807, 2.05) is 158 Å². The molecule has 0 heterocycles. The molecule has 0 radical (unpaired) electrons. The third-order valence-electron chi connectivity index (χ3n) is 10.5. The number of anilines is 3. The fourth-order valence-corrected chi connectivity index (χ4v) is 7.71. The minimum Gasteiger partial charge on any atom is -0.310 e. The van der Waals surface area contributed by atoms with Crippen molar-refractivity contribution in [1.82, 2.24) is 0 Å². The Morgan fingerprint density at radius 2 is 0.842 bits per heavy atom. The Hall–Kier alpha value is -7.48. The lowest BCUT2D eigenvalue weighted by Gasteiger charge is -2.29. The van der Waals surface area contributed by atoms with Crippen molar-refractivity contribution < 1.29 is 9.60 Å². The Labute approximate surface area is 344 Å². The molecule has 0 atom stereocenters. The first-order chi connectivity index (χ1) is 31.2. The molecule has 0 amide bonds. The van der Waals surface area contributed by atoms with E-state index in [-0.39, 0.29) is 64.8 Å². The molecular weight excluding hydrogens is 687 g/mol. The van der Waals surface area contributed by atoms with E-state index in [0.717, 1.165) is 43.8 Å². The highest BCUT2D eigenvalue weighted by Crippen LogP contribution is 2.45. The monoisotopic (exact) mass is 732 g/mol. The molecule has 0 saturated heterocycles. The van der Waals surface area contributed by atoms with Crippen molar-refractivity contribution in [3.8, 4) is 55.6 Å². The van der Waals surface area contributed by atoms with Crippen molar-refractivity contribution in [2.75, 3.05) is 4.90 Å². The molecule has 0 N–H and O–H groups in total. The first kappa shape index (κ1) is 27.2. The van der Waals surface area contributed by atoms with Gasteiger partial charge in [-0.1, -0.05) is 200 Å². The molecule has 0 fully saturated rings. The van der Waals surface area contributed by atoms with Crippen LogP contribution in [0.5, 0.6) is 0 Å². The number of hydrogen-bond donors (Lipinski definition) is 0. The summed E-state index contributed by atoms with van der Waals surface area (Å²) in [5, 5.41) is 3.84. The molecule has 0 aliphatic heterocycles. The Kier molecular flexibility index (Phi) is 7.14. The average Bonchev–Trinajstić information content (AvgIpc) is 3.34. The highest BCUT2D eigenvalue weighted by molar-refractivity contribution is 6.04. The standard InChI is InChI=1S/C56H39N/c1-4-15-40(16-5-1)47-32-38-55(54(39-47)43-19-8-3-9-20-43)57(48-33-27-45(28-34-48)51-26-14-23-41-21-10-12-24-50(41)51)49-35-29-46(30-36-49)56-52-25-13-11-22-44(52)31-37-53(56)42-17-6-2-7-18-42/h1-39H/i27D,28D,32D,33D,34D,38D,39D. The van der Waals surface area contributed by atoms with Crippen LogP contribution in [0.15, 0.2) is 236 Å². The maximum absolute atomic E-state index is 9.88. The quantitative estimate of drug-likeness (QED) is 0.150. The molecule has 0 aliphatic rings. The fraction of sp³-hybridized carbons (Fsp3) is 0. The molecule has 0 bridgehead atoms. The molecule has 0 saturated carbocycles. The smallest absolute Gasteiger partial charge is 0.0645 e. The highest BCUT2D eigenvalue weighted by atomic mass is 15.1. The molecule has 0 aromatic heterocycles. The third kappa shape index (κ3) is 6.56. The summed E-state index contributed by atoms with van der Waals surface area (Å²) in [6.07, 6.45) is 0. The Bertz CT molecular complexity index is 3360. The zero-order valence-corrected chi connectivity index (χ0v) is 30.9. The van der Waals surface area contributed by atoms with Crippen LogP contribution >= 0.6 is 0 Å². The van der Waals surface area contributed by atoms with E-state index in [9.17, 15) is 9.60 Å². The number of fused-ring (bicyclic) bond motifs is 2. The largest absolute Gasteiger partial charge is 0.310 e. The second-order valence-electron chi connectivity index (χ2n) is 13.9. The number of hydrogen-bond acceptors (Lipinski definition) is 1. The van der Waals surface area contributed by atoms with Crippen molar-refractivity contribution in [3.05, 3.63) is 236 Å². The van der Waals surface area contributed by atoms with Gasteiger partial charge in [0, 0.05) is 16.9 Å². The minimum atomic E-state index is -0.322. The lowest BCUT2D eigenvalue weighted by Crippen LogP contribution is -2.11. The summed E-state index contributed by atoms with van der Waals surface area (Å²) >= 11 is 0. The number of benzene rings is 10. The zero-order valence-electron chi connectivity index (χ0n) is 37.9. The molecule has 1 nitrogen and oxygen atoms in total. The SMILES string of the molecule is [2H]c1c([2H])c(N(c2ccc(-c3c(-c4ccccc4)ccc4ccccc34)cc2)c2c([2H])c([2H])c(-c3cccc4ccccc34)c([2H])c2[2H])c(-c2ccccc2)c([2H])c1-c1ccccc1. The summed E-state index contributed by atoms with van der Waals surface area (Å²) in [6.45, 7) is 0. The molecule has 0 aliphatic carbocycles. The first-order valence-electron chi connectivity index (χ1n) is 22.5. The van der Waals surface area contributed by atoms with Crippen LogP contribution in [0.3, 0.4) is 0 Å². The van der Waals surface area contributed by atoms with E-state index in [1.165, 1.54) is 0 Å². The second-order valence-corrected chi connectivity index (χ2v) is 13.9. The van der Waals surface area contributed by atoms with Crippen LogP contribution in [0, 0.1) is 0 Å². The highest BCUT2D eigenvalue weighted by Gasteiger charge is 2.20. The van der Waals surface area contributed by atoms with Crippen LogP contribution in [0.25, 0.3) is 77.2 Å². The first-order valence-corrected chi connectivity index (χ1v) is 19.0. The van der Waals surface area contributed by atoms with Gasteiger partial charge in [-0.25, -0.2) is 0 Å². The van der Waals surface area contributed by atoms with E-state index >= 15 is 0 Å². The molecule has 0 spiro atoms. The molecule has 1 heteroatoms. The Balaban J connectivity index is 1.27. The third-order valence-corrected chi connectivity index (χ3v) is 10.5. The zero-order chi connectivity index (χ0) is 44.1. The van der Waals surface area contributed by atoms with Gasteiger partial charge in [-0.3, -0.25) is 0 Å². The molecule has 57 heavy (non-hydrogen) atoms. The van der Waals surface area contributed by atoms with Crippen LogP contribution in [-0.4, -0.2) is 0 Å². The molecular formula is C56H39N. The van der Waals surface area contributed by atoms with Gasteiger partial charge < -0.3 is 4.90 Å². The van der Waals surface area contributed by atoms with E-state index in [0.29, 0.717) is 27.9 Å². The van der Waals surface area contributed by atoms with Crippen LogP contribution < -0.4 is 4.90 Å². The van der Waals surface area contributed by atoms with Gasteiger partial charge in [0.25, 0.3) is 0 Å². The van der Waals surface area contributed by atoms with Gasteiger partial charge in [-0.05, 0) is 108 Å². The van der Waals surface area contributed by atoms with Gasteiger partial charge in [0.2, 0.25) is 0 Å². The molecule has 10 aromatic carbocycles. The summed E-state index contributed by atoms with van der Waals surface area (Å²) in [4.78, 5) is 1.56. The fourth-order valence-electron chi connectivity index (χ4n) is 7.71. The van der Waals surface area contributed by atoms with Gasteiger partial charge >= 0.3 is 0 Å². The molecule has 10 aromatic rings. The predicted octanol–water partition coefficient (Wildman–Crippen LogP) is 15.8. The van der Waals surface area contributed by atoms with E-state index < -0.39 is 0 Å². The lowest BCUT2D eigenvalue weighted by atomic mass is 9.89. The molecule has 0 unspecified atom stereocenters. The minimum absolute atomic E-state index is 0.000842. The van der Waals surface area contributed by atoms with E-state index in [1.54, 1.807) is 4.90 Å². The average molecular weight is 733 g/mol. The van der Waals surface area contributed by atoms with Crippen molar-refractivity contribution in [3.63, 3.8) is 0 Å². The predicted molar refractivity (Wildman–Crippen MR) is 243 cm³/mol. The van der Waals surface area contributed by atoms with E-state index in [2.05, 4.69) is 36.4 Å². The Morgan fingerprint density at radius 3 is 1.53 bits per heavy atom. The Morgan fingerprint density at radius 1 is 0.298 bits per heavy atom. The molecule has 10 rings (SSSR count). The van der Waals surface area contributed by atoms with Gasteiger partial charge in [-0.2, -0.15) is 0 Å². The maximum atomic E-state index is 9.88. The van der Waals surface area contributed by atoms with Crippen LogP contribution in [0.1, 0.15) is 9.60 Å². The van der Waals surface area contributed by atoms with Crippen LogP contribution in [-0.2, 0) is 0 Å². The summed E-state index contributed by atoms with van der Waals surface area (Å²) in [6, 6.07) is 60.6. The second kappa shape index (κ2) is 15.0. The lowest BCUT2D eigenvalue weighted by molar-refractivity contribution is 1.28. The van der Waals surface area contributed by atoms with Crippen molar-refractivity contribution in [2.45, 2.75) is 0 Å². The van der Waals surface area contributed by atoms with Crippen molar-refractivity contribution in [2.24, 2.45) is 0 Å². The van der Waals surface area contributed by atoms with Crippen molar-refractivity contribution >= 4 is 38.6 Å². The van der Waals surface area contributed by atoms with Crippen molar-refractivity contribution in [1.29, 1.82) is 0 Å². The maximum Gasteiger partial charge on any atom is 0.0645 e. The van der Waals surface area contributed by atoms with Gasteiger partial charge in [0.15, 0.2) is 0 Å². The summed E-state index contributed by atoms with van der Waals surface area (Å²) in [5.74, 6) is 0. The van der Waals surface area contributed by atoms with Gasteiger partial charge in [-0.15, -0.1) is 0 Å². The summed E-state index contributed by atoms with van der Waals surface area (Å²) < 4.78 is 68.1. The van der Waals surface area contributed by atoms with Gasteiger partial charge in [0.05, 0.1) is 15.3 Å². The topological polar surface area (TPSA) is 3.24 Å². The van der Waals surface area contributed by atoms with E-state index in [4.69, 9.17) is 0 Å². The van der Waals surface area contributed by atoms with Crippen LogP contribution in [0.2, 0.25) is 0 Å².